The van der Waals surface area contributed by atoms with E-state index in [0.29, 0.717) is 32.2 Å². The molecule has 2 fully saturated rings. The van der Waals surface area contributed by atoms with Crippen LogP contribution in [-0.2, 0) is 4.79 Å². The largest absolute Gasteiger partial charge is 0.481 e. The zero-order chi connectivity index (χ0) is 25.5. The second kappa shape index (κ2) is 9.71. The Morgan fingerprint density at radius 2 is 1.66 bits per heavy atom. The summed E-state index contributed by atoms with van der Waals surface area (Å²) in [6.07, 6.45) is 8.21. The van der Waals surface area contributed by atoms with Gasteiger partial charge in [-0.25, -0.2) is 0 Å². The molecule has 0 aliphatic heterocycles. The van der Waals surface area contributed by atoms with E-state index in [2.05, 4.69) is 17.0 Å². The highest BCUT2D eigenvalue weighted by Gasteiger charge is 2.42. The van der Waals surface area contributed by atoms with Crippen molar-refractivity contribution in [2.45, 2.75) is 58.4 Å². The number of hydrogen-bond donors (Lipinski definition) is 1. The first-order valence-electron chi connectivity index (χ1n) is 11.5. The van der Waals surface area contributed by atoms with Crippen molar-refractivity contribution in [3.63, 3.8) is 0 Å². The monoisotopic (exact) mass is 540 g/mol. The first kappa shape index (κ1) is 25.9. The van der Waals surface area contributed by atoms with Crippen LogP contribution >= 0.6 is 34.8 Å². The lowest BCUT2D eigenvalue weighted by molar-refractivity contribution is -0.150. The van der Waals surface area contributed by atoms with E-state index >= 15 is 0 Å². The van der Waals surface area contributed by atoms with Gasteiger partial charge in [0.05, 0.1) is 45.4 Å². The molecule has 2 aliphatic rings. The lowest BCUT2D eigenvalue weighted by atomic mass is 9.74. The van der Waals surface area contributed by atoms with Crippen molar-refractivity contribution in [3.05, 3.63) is 44.9 Å². The van der Waals surface area contributed by atoms with E-state index in [9.17, 15) is 19.5 Å². The van der Waals surface area contributed by atoms with Gasteiger partial charge in [-0.15, -0.1) is 0 Å². The van der Waals surface area contributed by atoms with Crippen LogP contribution in [0.25, 0.3) is 0 Å². The summed E-state index contributed by atoms with van der Waals surface area (Å²) in [7, 11) is 0. The molecule has 0 bridgehead atoms. The van der Waals surface area contributed by atoms with Crippen molar-refractivity contribution in [3.8, 4) is 0 Å². The second-order valence-electron chi connectivity index (χ2n) is 10.3. The molecule has 0 spiro atoms. The number of aromatic nitrogens is 3. The maximum atomic E-state index is 13.6. The van der Waals surface area contributed by atoms with E-state index in [0.717, 1.165) is 12.8 Å². The van der Waals surface area contributed by atoms with Crippen LogP contribution in [0.4, 0.5) is 0 Å². The van der Waals surface area contributed by atoms with Gasteiger partial charge in [-0.2, -0.15) is 5.10 Å². The smallest absolute Gasteiger partial charge is 0.309 e. The third kappa shape index (κ3) is 5.34. The van der Waals surface area contributed by atoms with Crippen LogP contribution in [0.15, 0.2) is 18.6 Å². The number of carbonyl (C=O) groups is 3. The number of ketones is 1. The maximum Gasteiger partial charge on any atom is 0.309 e. The van der Waals surface area contributed by atoms with Gasteiger partial charge in [-0.05, 0) is 50.9 Å². The average Bonchev–Trinajstić information content (AvgIpc) is 3.40. The Bertz CT molecular complexity index is 1150. The van der Waals surface area contributed by atoms with Crippen molar-refractivity contribution in [1.29, 1.82) is 0 Å². The predicted molar refractivity (Wildman–Crippen MR) is 132 cm³/mol. The quantitative estimate of drug-likeness (QED) is 0.438. The molecule has 2 aromatic heterocycles. The highest BCUT2D eigenvalue weighted by molar-refractivity contribution is 6.39. The summed E-state index contributed by atoms with van der Waals surface area (Å²) in [5.41, 5.74) is -0.481. The van der Waals surface area contributed by atoms with Gasteiger partial charge < -0.3 is 10.0 Å². The molecule has 0 unspecified atom stereocenters. The number of carbonyl (C=O) groups excluding carboxylic acids is 2. The summed E-state index contributed by atoms with van der Waals surface area (Å²) in [5, 5.41) is 14.3. The molecule has 8 nitrogen and oxygen atoms in total. The summed E-state index contributed by atoms with van der Waals surface area (Å²) in [5.74, 6) is -1.58. The number of nitrogens with zero attached hydrogens (tertiary/aromatic N) is 4. The van der Waals surface area contributed by atoms with Crippen LogP contribution in [0.3, 0.4) is 0 Å². The van der Waals surface area contributed by atoms with Crippen molar-refractivity contribution >= 4 is 52.5 Å². The van der Waals surface area contributed by atoms with E-state index in [1.807, 2.05) is 0 Å². The Morgan fingerprint density at radius 3 is 2.20 bits per heavy atom. The van der Waals surface area contributed by atoms with Gasteiger partial charge >= 0.3 is 5.97 Å². The van der Waals surface area contributed by atoms with Crippen LogP contribution in [0.5, 0.6) is 0 Å². The summed E-state index contributed by atoms with van der Waals surface area (Å²) in [6.45, 7) is 4.00. The maximum absolute atomic E-state index is 13.6. The minimum atomic E-state index is -0.804. The molecule has 11 heteroatoms. The minimum absolute atomic E-state index is 0.0606. The summed E-state index contributed by atoms with van der Waals surface area (Å²) in [4.78, 5) is 43.6. The Hall–Kier alpha value is -2.16. The van der Waals surface area contributed by atoms with Crippen molar-refractivity contribution in [1.82, 2.24) is 19.7 Å². The van der Waals surface area contributed by atoms with Crippen molar-refractivity contribution in [2.75, 3.05) is 13.1 Å². The first-order valence-corrected chi connectivity index (χ1v) is 12.7. The molecule has 2 aliphatic carbocycles. The van der Waals surface area contributed by atoms with Crippen LogP contribution in [0, 0.1) is 10.8 Å². The molecule has 35 heavy (non-hydrogen) atoms. The molecule has 2 heterocycles. The third-order valence-corrected chi connectivity index (χ3v) is 8.27. The SMILES string of the molecule is CC1(CN(CC(=O)c2c(Cl)cncc2Cl)C(=O)c2cnn([C@H]3CC[C@](C)(C(=O)O)CC3)c2Cl)CC1. The van der Waals surface area contributed by atoms with Crippen LogP contribution in [0.2, 0.25) is 15.2 Å². The van der Waals surface area contributed by atoms with Gasteiger partial charge in [0.1, 0.15) is 5.15 Å². The minimum Gasteiger partial charge on any atom is -0.481 e. The molecular formula is C24H27Cl3N4O4. The molecule has 0 atom stereocenters. The van der Waals surface area contributed by atoms with Gasteiger partial charge in [0.25, 0.3) is 5.91 Å². The summed E-state index contributed by atoms with van der Waals surface area (Å²) in [6, 6.07) is -0.0954. The number of carboxylic acids is 1. The fourth-order valence-electron chi connectivity index (χ4n) is 4.58. The van der Waals surface area contributed by atoms with Gasteiger partial charge in [0, 0.05) is 18.9 Å². The number of Topliss-reactive ketones (excluding diaryl/α,β-unsaturated/α-hetero) is 1. The number of halogens is 3. The Labute approximate surface area is 218 Å². The number of hydrogen-bond acceptors (Lipinski definition) is 5. The highest BCUT2D eigenvalue weighted by Crippen LogP contribution is 2.46. The van der Waals surface area contributed by atoms with Gasteiger partial charge in [-0.1, -0.05) is 41.7 Å². The van der Waals surface area contributed by atoms with Crippen LogP contribution in [-0.4, -0.2) is 55.5 Å². The van der Waals surface area contributed by atoms with Gasteiger partial charge in [0.2, 0.25) is 0 Å². The van der Waals surface area contributed by atoms with Crippen LogP contribution < -0.4 is 0 Å². The van der Waals surface area contributed by atoms with E-state index in [1.54, 1.807) is 11.6 Å². The molecule has 1 N–H and O–H groups in total. The zero-order valence-electron chi connectivity index (χ0n) is 19.6. The van der Waals surface area contributed by atoms with Crippen LogP contribution in [0.1, 0.15) is 79.1 Å². The van der Waals surface area contributed by atoms with Gasteiger partial charge in [0.15, 0.2) is 5.78 Å². The molecule has 2 saturated carbocycles. The van der Waals surface area contributed by atoms with Gasteiger partial charge in [-0.3, -0.25) is 24.0 Å². The van der Waals surface area contributed by atoms with E-state index < -0.39 is 17.3 Å². The van der Waals surface area contributed by atoms with Crippen molar-refractivity contribution in [2.24, 2.45) is 10.8 Å². The molecule has 0 saturated heterocycles. The van der Waals surface area contributed by atoms with Crippen molar-refractivity contribution < 1.29 is 19.5 Å². The first-order chi connectivity index (χ1) is 16.4. The van der Waals surface area contributed by atoms with E-state index in [-0.39, 0.29) is 50.1 Å². The molecule has 0 aromatic carbocycles. The number of pyridine rings is 1. The molecule has 2 aromatic rings. The Kier molecular flexibility index (Phi) is 7.19. The summed E-state index contributed by atoms with van der Waals surface area (Å²) >= 11 is 18.9. The second-order valence-corrected chi connectivity index (χ2v) is 11.4. The molecule has 1 amide bonds. The lowest BCUT2D eigenvalue weighted by Gasteiger charge is -2.34. The standard InChI is InChI=1S/C24H27Cl3N4O4/c1-23(7-8-23)13-30(12-18(32)19-16(25)10-28-11-17(19)26)21(33)15-9-29-31(20(15)27)14-3-5-24(2,6-4-14)22(34)35/h9-11,14H,3-8,12-13H2,1-2H3,(H,34,35)/t14-,24-. The highest BCUT2D eigenvalue weighted by atomic mass is 35.5. The third-order valence-electron chi connectivity index (χ3n) is 7.32. The molecule has 4 rings (SSSR count). The Morgan fingerprint density at radius 1 is 1.06 bits per heavy atom. The van der Waals surface area contributed by atoms with E-state index in [4.69, 9.17) is 34.8 Å². The summed E-state index contributed by atoms with van der Waals surface area (Å²) < 4.78 is 1.60. The number of amides is 1. The molecule has 0 radical (unpaired) electrons. The topological polar surface area (TPSA) is 105 Å². The predicted octanol–water partition coefficient (Wildman–Crippen LogP) is 5.57. The Balaban J connectivity index is 1.55. The average molecular weight is 542 g/mol. The molecule has 188 valence electrons. The van der Waals surface area contributed by atoms with E-state index in [1.165, 1.54) is 23.5 Å². The number of rotatable bonds is 8. The fraction of sp³-hybridized carbons (Fsp3) is 0.542. The number of aliphatic carboxylic acids is 1. The zero-order valence-corrected chi connectivity index (χ0v) is 21.8. The normalized spacial score (nSPS) is 23.1. The molecular weight excluding hydrogens is 515 g/mol. The number of carboxylic acid groups (broad SMARTS) is 1. The lowest BCUT2D eigenvalue weighted by Crippen LogP contribution is -2.39. The fourth-order valence-corrected chi connectivity index (χ4v) is 5.46.